The molecule has 0 bridgehead atoms. The monoisotopic (exact) mass is 278 g/mol. The van der Waals surface area contributed by atoms with Gasteiger partial charge in [-0.3, -0.25) is 4.79 Å². The summed E-state index contributed by atoms with van der Waals surface area (Å²) in [6, 6.07) is 7.36. The van der Waals surface area contributed by atoms with Crippen LogP contribution in [-0.2, 0) is 0 Å². The van der Waals surface area contributed by atoms with E-state index in [4.69, 9.17) is 10.5 Å². The maximum atomic E-state index is 13.5. The molecule has 0 unspecified atom stereocenters. The van der Waals surface area contributed by atoms with E-state index in [1.165, 1.54) is 13.2 Å². The number of carbonyl (C=O) groups excluding carboxylic acids is 1. The molecule has 20 heavy (non-hydrogen) atoms. The fraction of sp³-hybridized carbons (Fsp3) is 0.0714. The van der Waals surface area contributed by atoms with Crippen LogP contribution in [0, 0.1) is 11.6 Å². The van der Waals surface area contributed by atoms with Crippen LogP contribution in [0.15, 0.2) is 36.4 Å². The van der Waals surface area contributed by atoms with Crippen LogP contribution in [0.4, 0.5) is 20.2 Å². The highest BCUT2D eigenvalue weighted by Gasteiger charge is 2.13. The summed E-state index contributed by atoms with van der Waals surface area (Å²) in [5.74, 6) is -1.89. The van der Waals surface area contributed by atoms with Gasteiger partial charge in [0, 0.05) is 11.8 Å². The van der Waals surface area contributed by atoms with Gasteiger partial charge >= 0.3 is 0 Å². The van der Waals surface area contributed by atoms with Crippen molar-refractivity contribution in [3.8, 4) is 5.75 Å². The molecule has 0 saturated heterocycles. The van der Waals surface area contributed by atoms with Crippen molar-refractivity contribution in [1.29, 1.82) is 0 Å². The quantitative estimate of drug-likeness (QED) is 0.848. The lowest BCUT2D eigenvalue weighted by Crippen LogP contribution is -2.14. The Morgan fingerprint density at radius 1 is 1.20 bits per heavy atom. The smallest absolute Gasteiger partial charge is 0.258 e. The molecule has 6 heteroatoms. The fourth-order valence-electron chi connectivity index (χ4n) is 1.68. The minimum Gasteiger partial charge on any atom is -0.495 e. The van der Waals surface area contributed by atoms with Crippen LogP contribution in [0.2, 0.25) is 0 Å². The molecule has 2 aromatic rings. The lowest BCUT2D eigenvalue weighted by molar-refractivity contribution is 0.102. The molecular formula is C14H12F2N2O2. The third kappa shape index (κ3) is 2.85. The van der Waals surface area contributed by atoms with E-state index in [0.29, 0.717) is 23.2 Å². The molecule has 0 aliphatic carbocycles. The SMILES string of the molecule is COc1ccc(NC(=O)c2ccc(F)cc2F)cc1N. The summed E-state index contributed by atoms with van der Waals surface area (Å²) >= 11 is 0. The van der Waals surface area contributed by atoms with Gasteiger partial charge < -0.3 is 15.8 Å². The van der Waals surface area contributed by atoms with Gasteiger partial charge in [-0.15, -0.1) is 0 Å². The molecule has 0 fully saturated rings. The number of halogens is 2. The van der Waals surface area contributed by atoms with Gasteiger partial charge in [0.05, 0.1) is 18.4 Å². The van der Waals surface area contributed by atoms with Crippen LogP contribution in [0.25, 0.3) is 0 Å². The standard InChI is InChI=1S/C14H12F2N2O2/c1-20-13-5-3-9(7-12(13)17)18-14(19)10-4-2-8(15)6-11(10)16/h2-7H,17H2,1H3,(H,18,19). The van der Waals surface area contributed by atoms with E-state index in [9.17, 15) is 13.6 Å². The van der Waals surface area contributed by atoms with E-state index in [1.807, 2.05) is 0 Å². The number of anilines is 2. The number of ether oxygens (including phenoxy) is 1. The van der Waals surface area contributed by atoms with E-state index in [0.717, 1.165) is 12.1 Å². The van der Waals surface area contributed by atoms with Crippen molar-refractivity contribution in [2.75, 3.05) is 18.2 Å². The molecule has 0 spiro atoms. The first kappa shape index (κ1) is 13.8. The van der Waals surface area contributed by atoms with Crippen molar-refractivity contribution in [3.05, 3.63) is 53.6 Å². The molecule has 0 aliphatic heterocycles. The first-order valence-electron chi connectivity index (χ1n) is 5.71. The fourth-order valence-corrected chi connectivity index (χ4v) is 1.68. The Kier molecular flexibility index (Phi) is 3.84. The van der Waals surface area contributed by atoms with Crippen LogP contribution in [0.5, 0.6) is 5.75 Å². The lowest BCUT2D eigenvalue weighted by Gasteiger charge is -2.09. The van der Waals surface area contributed by atoms with Crippen molar-refractivity contribution >= 4 is 17.3 Å². The number of hydrogen-bond donors (Lipinski definition) is 2. The van der Waals surface area contributed by atoms with Crippen LogP contribution in [0.3, 0.4) is 0 Å². The minimum atomic E-state index is -0.927. The molecule has 0 atom stereocenters. The third-order valence-electron chi connectivity index (χ3n) is 2.66. The summed E-state index contributed by atoms with van der Waals surface area (Å²) in [7, 11) is 1.47. The zero-order valence-electron chi connectivity index (χ0n) is 10.6. The number of rotatable bonds is 3. The van der Waals surface area contributed by atoms with Gasteiger partial charge in [0.15, 0.2) is 0 Å². The highest BCUT2D eigenvalue weighted by molar-refractivity contribution is 6.04. The van der Waals surface area contributed by atoms with Gasteiger partial charge in [-0.1, -0.05) is 0 Å². The maximum Gasteiger partial charge on any atom is 0.258 e. The lowest BCUT2D eigenvalue weighted by atomic mass is 10.2. The molecule has 0 aromatic heterocycles. The Morgan fingerprint density at radius 3 is 2.55 bits per heavy atom. The van der Waals surface area contributed by atoms with Crippen LogP contribution in [0.1, 0.15) is 10.4 Å². The van der Waals surface area contributed by atoms with E-state index < -0.39 is 17.5 Å². The molecule has 0 radical (unpaired) electrons. The maximum absolute atomic E-state index is 13.5. The number of methoxy groups -OCH3 is 1. The van der Waals surface area contributed by atoms with E-state index >= 15 is 0 Å². The highest BCUT2D eigenvalue weighted by atomic mass is 19.1. The molecule has 1 amide bonds. The number of hydrogen-bond acceptors (Lipinski definition) is 3. The molecule has 104 valence electrons. The summed E-state index contributed by atoms with van der Waals surface area (Å²) in [6.45, 7) is 0. The van der Waals surface area contributed by atoms with Gasteiger partial charge in [0.2, 0.25) is 0 Å². The number of nitrogens with two attached hydrogens (primary N) is 1. The van der Waals surface area contributed by atoms with Gasteiger partial charge in [-0.25, -0.2) is 8.78 Å². The Labute approximate surface area is 114 Å². The number of carbonyl (C=O) groups is 1. The molecular weight excluding hydrogens is 266 g/mol. The minimum absolute atomic E-state index is 0.249. The van der Waals surface area contributed by atoms with Gasteiger partial charge in [-0.2, -0.15) is 0 Å². The Hall–Kier alpha value is -2.63. The van der Waals surface area contributed by atoms with E-state index in [-0.39, 0.29) is 5.56 Å². The second-order valence-electron chi connectivity index (χ2n) is 4.04. The van der Waals surface area contributed by atoms with Crippen molar-refractivity contribution in [2.45, 2.75) is 0 Å². The van der Waals surface area contributed by atoms with Gasteiger partial charge in [0.25, 0.3) is 5.91 Å². The Bertz CT molecular complexity index is 660. The molecule has 3 N–H and O–H groups in total. The van der Waals surface area contributed by atoms with Gasteiger partial charge in [0.1, 0.15) is 17.4 Å². The second kappa shape index (κ2) is 5.56. The van der Waals surface area contributed by atoms with Crippen LogP contribution in [-0.4, -0.2) is 13.0 Å². The van der Waals surface area contributed by atoms with Crippen LogP contribution >= 0.6 is 0 Å². The number of nitrogens with one attached hydrogen (secondary N) is 1. The molecule has 0 aliphatic rings. The van der Waals surface area contributed by atoms with Crippen LogP contribution < -0.4 is 15.8 Å². The first-order chi connectivity index (χ1) is 9.51. The van der Waals surface area contributed by atoms with E-state index in [2.05, 4.69) is 5.32 Å². The molecule has 0 saturated carbocycles. The summed E-state index contributed by atoms with van der Waals surface area (Å²) in [5.41, 5.74) is 6.17. The topological polar surface area (TPSA) is 64.3 Å². The van der Waals surface area contributed by atoms with E-state index in [1.54, 1.807) is 12.1 Å². The highest BCUT2D eigenvalue weighted by Crippen LogP contribution is 2.25. The summed E-state index contributed by atoms with van der Waals surface area (Å²) in [5, 5.41) is 2.47. The molecule has 0 heterocycles. The summed E-state index contributed by atoms with van der Waals surface area (Å²) in [6.07, 6.45) is 0. The average molecular weight is 278 g/mol. The largest absolute Gasteiger partial charge is 0.495 e. The average Bonchev–Trinajstić information content (AvgIpc) is 2.38. The molecule has 2 rings (SSSR count). The number of amides is 1. The van der Waals surface area contributed by atoms with Gasteiger partial charge in [-0.05, 0) is 30.3 Å². The summed E-state index contributed by atoms with van der Waals surface area (Å²) in [4.78, 5) is 11.9. The van der Waals surface area contributed by atoms with Crippen molar-refractivity contribution in [2.24, 2.45) is 0 Å². The third-order valence-corrected chi connectivity index (χ3v) is 2.66. The molecule has 4 nitrogen and oxygen atoms in total. The van der Waals surface area contributed by atoms with Crippen molar-refractivity contribution in [1.82, 2.24) is 0 Å². The number of nitrogen functional groups attached to an aromatic ring is 1. The Balaban J connectivity index is 2.21. The molecule has 2 aromatic carbocycles. The Morgan fingerprint density at radius 2 is 1.95 bits per heavy atom. The zero-order chi connectivity index (χ0) is 14.7. The number of benzene rings is 2. The predicted octanol–water partition coefficient (Wildman–Crippen LogP) is 2.81. The summed E-state index contributed by atoms with van der Waals surface area (Å²) < 4.78 is 31.2. The predicted molar refractivity (Wildman–Crippen MR) is 71.7 cm³/mol. The normalized spacial score (nSPS) is 10.2. The van der Waals surface area contributed by atoms with Crippen molar-refractivity contribution < 1.29 is 18.3 Å². The second-order valence-corrected chi connectivity index (χ2v) is 4.04. The first-order valence-corrected chi connectivity index (χ1v) is 5.71. The van der Waals surface area contributed by atoms with Crippen molar-refractivity contribution in [3.63, 3.8) is 0 Å². The zero-order valence-corrected chi connectivity index (χ0v) is 10.6.